The molecule has 4 rings (SSSR count). The molecule has 1 unspecified atom stereocenters. The number of carbonyl (C=O) groups is 2. The normalized spacial score (nSPS) is 15.8. The van der Waals surface area contributed by atoms with Gasteiger partial charge in [-0.3, -0.25) is 15.0 Å². The van der Waals surface area contributed by atoms with Crippen molar-refractivity contribution in [1.29, 1.82) is 0 Å². The van der Waals surface area contributed by atoms with Crippen molar-refractivity contribution in [3.05, 3.63) is 102 Å². The van der Waals surface area contributed by atoms with E-state index in [9.17, 15) is 9.59 Å². The number of hydrogen-bond acceptors (Lipinski definition) is 6. The van der Waals surface area contributed by atoms with Crippen LogP contribution in [0.4, 0.5) is 0 Å². The summed E-state index contributed by atoms with van der Waals surface area (Å²) in [5, 5.41) is 1.72. The number of hydrogen-bond donors (Lipinski definition) is 2. The van der Waals surface area contributed by atoms with Crippen molar-refractivity contribution < 1.29 is 14.3 Å². The molecule has 8 heteroatoms. The van der Waals surface area contributed by atoms with Gasteiger partial charge in [0.2, 0.25) is 11.8 Å². The van der Waals surface area contributed by atoms with Gasteiger partial charge in [0.15, 0.2) is 0 Å². The topological polar surface area (TPSA) is 91.1 Å². The van der Waals surface area contributed by atoms with Crippen LogP contribution in [0.1, 0.15) is 29.0 Å². The number of ether oxygens (including phenoxy) is 1. The maximum atomic E-state index is 13.0. The molecule has 3 aromatic rings. The predicted octanol–water partition coefficient (Wildman–Crippen LogP) is 2.81. The third kappa shape index (κ3) is 7.19. The Bertz CT molecular complexity index is 1130. The minimum absolute atomic E-state index is 0.00629. The zero-order valence-electron chi connectivity index (χ0n) is 22.1. The van der Waals surface area contributed by atoms with Crippen molar-refractivity contribution in [2.45, 2.75) is 25.0 Å². The molecule has 1 aliphatic rings. The number of rotatable bonds is 11. The summed E-state index contributed by atoms with van der Waals surface area (Å²) in [6.45, 7) is 1.57. The first-order valence-electron chi connectivity index (χ1n) is 12.9. The first-order valence-corrected chi connectivity index (χ1v) is 12.9. The molecule has 2 amide bonds. The maximum Gasteiger partial charge on any atom is 0.242 e. The van der Waals surface area contributed by atoms with Crippen LogP contribution in [0, 0.1) is 0 Å². The fourth-order valence-corrected chi connectivity index (χ4v) is 4.78. The molecule has 200 valence electrons. The van der Waals surface area contributed by atoms with Crippen LogP contribution in [0.15, 0.2) is 84.9 Å². The molecule has 8 nitrogen and oxygen atoms in total. The molecule has 1 atom stereocenters. The number of nitrogens with zero attached hydrogens (tertiary/aromatic N) is 3. The summed E-state index contributed by atoms with van der Waals surface area (Å²) < 4.78 is 5.18. The van der Waals surface area contributed by atoms with Crippen LogP contribution in [-0.4, -0.2) is 73.1 Å². The molecule has 0 aliphatic carbocycles. The number of nitrogens with one attached hydrogen (secondary N) is 1. The highest BCUT2D eigenvalue weighted by atomic mass is 16.5. The van der Waals surface area contributed by atoms with Crippen molar-refractivity contribution in [2.24, 2.45) is 5.73 Å². The summed E-state index contributed by atoms with van der Waals surface area (Å²) in [6, 6.07) is 28.4. The van der Waals surface area contributed by atoms with E-state index in [1.807, 2.05) is 60.7 Å². The lowest BCUT2D eigenvalue weighted by Gasteiger charge is -2.40. The van der Waals surface area contributed by atoms with E-state index in [0.29, 0.717) is 19.6 Å². The summed E-state index contributed by atoms with van der Waals surface area (Å²) in [5.41, 5.74) is 13.1. The lowest BCUT2D eigenvalue weighted by atomic mass is 9.88. The lowest BCUT2D eigenvalue weighted by Crippen LogP contribution is -2.63. The molecule has 0 aromatic heterocycles. The Morgan fingerprint density at radius 3 is 2.21 bits per heavy atom. The number of hydrazine groups is 1. The molecule has 0 saturated carbocycles. The van der Waals surface area contributed by atoms with E-state index in [4.69, 9.17) is 10.5 Å². The summed E-state index contributed by atoms with van der Waals surface area (Å²) in [4.78, 5) is 29.3. The van der Waals surface area contributed by atoms with Crippen molar-refractivity contribution in [3.8, 4) is 5.75 Å². The minimum atomic E-state index is -0.540. The van der Waals surface area contributed by atoms with E-state index in [1.165, 1.54) is 16.0 Å². The Labute approximate surface area is 224 Å². The van der Waals surface area contributed by atoms with Crippen molar-refractivity contribution in [3.63, 3.8) is 0 Å². The van der Waals surface area contributed by atoms with Crippen LogP contribution < -0.4 is 15.9 Å². The van der Waals surface area contributed by atoms with Gasteiger partial charge in [-0.1, -0.05) is 72.8 Å². The van der Waals surface area contributed by atoms with Crippen LogP contribution in [0.2, 0.25) is 0 Å². The van der Waals surface area contributed by atoms with Crippen LogP contribution in [0.3, 0.4) is 0 Å². The van der Waals surface area contributed by atoms with E-state index in [0.717, 1.165) is 17.7 Å². The average Bonchev–Trinajstić information content (AvgIpc) is 2.95. The molecular weight excluding hydrogens is 478 g/mol. The standard InChI is InChI=1S/C30H37N5O3/c1-33(32-19-23-13-15-26(38-2)16-14-23)21-30(37)35-22-29(36)34(20-28(35)31)18-17-27(24-9-5-3-6-10-24)25-11-7-4-8-12-25/h3-16,27-28,32H,17-22,31H2,1-2H3. The fraction of sp³-hybridized carbons (Fsp3) is 0.333. The Kier molecular flexibility index (Phi) is 9.48. The molecule has 3 aromatic carbocycles. The van der Waals surface area contributed by atoms with Gasteiger partial charge in [-0.15, -0.1) is 0 Å². The van der Waals surface area contributed by atoms with Gasteiger partial charge in [0.25, 0.3) is 0 Å². The Balaban J connectivity index is 1.29. The van der Waals surface area contributed by atoms with Gasteiger partial charge in [0.1, 0.15) is 12.3 Å². The van der Waals surface area contributed by atoms with Crippen molar-refractivity contribution in [1.82, 2.24) is 20.2 Å². The van der Waals surface area contributed by atoms with Crippen molar-refractivity contribution >= 4 is 11.8 Å². The SMILES string of the molecule is COc1ccc(CNN(C)CC(=O)N2CC(=O)N(CCC(c3ccccc3)c3ccccc3)CC2N)cc1. The second-order valence-electron chi connectivity index (χ2n) is 9.63. The largest absolute Gasteiger partial charge is 0.497 e. The van der Waals surface area contributed by atoms with E-state index in [1.54, 1.807) is 24.1 Å². The number of piperazine rings is 1. The summed E-state index contributed by atoms with van der Waals surface area (Å²) in [7, 11) is 3.44. The summed E-state index contributed by atoms with van der Waals surface area (Å²) >= 11 is 0. The summed E-state index contributed by atoms with van der Waals surface area (Å²) in [5.74, 6) is 0.715. The zero-order chi connectivity index (χ0) is 26.9. The van der Waals surface area contributed by atoms with Crippen LogP contribution in [-0.2, 0) is 16.1 Å². The highest BCUT2D eigenvalue weighted by Gasteiger charge is 2.33. The molecule has 0 bridgehead atoms. The molecule has 3 N–H and O–H groups in total. The smallest absolute Gasteiger partial charge is 0.242 e. The predicted molar refractivity (Wildman–Crippen MR) is 148 cm³/mol. The van der Waals surface area contributed by atoms with Gasteiger partial charge in [0, 0.05) is 26.1 Å². The Morgan fingerprint density at radius 2 is 1.63 bits per heavy atom. The first-order chi connectivity index (χ1) is 18.4. The second kappa shape index (κ2) is 13.2. The monoisotopic (exact) mass is 515 g/mol. The number of carbonyl (C=O) groups excluding carboxylic acids is 2. The average molecular weight is 516 g/mol. The molecular formula is C30H37N5O3. The molecule has 1 fully saturated rings. The summed E-state index contributed by atoms with van der Waals surface area (Å²) in [6.07, 6.45) is 0.237. The molecule has 38 heavy (non-hydrogen) atoms. The highest BCUT2D eigenvalue weighted by molar-refractivity contribution is 5.87. The number of benzene rings is 3. The van der Waals surface area contributed by atoms with Crippen LogP contribution in [0.25, 0.3) is 0 Å². The Hall–Kier alpha value is -3.72. The number of likely N-dealkylation sites (N-methyl/N-ethyl adjacent to an activating group) is 1. The van der Waals surface area contributed by atoms with Gasteiger partial charge in [0.05, 0.1) is 26.4 Å². The third-order valence-electron chi connectivity index (χ3n) is 6.96. The zero-order valence-corrected chi connectivity index (χ0v) is 22.1. The van der Waals surface area contributed by atoms with Gasteiger partial charge in [-0.05, 0) is 35.2 Å². The molecule has 1 heterocycles. The van der Waals surface area contributed by atoms with E-state index < -0.39 is 6.17 Å². The molecule has 0 spiro atoms. The molecule has 1 saturated heterocycles. The lowest BCUT2D eigenvalue weighted by molar-refractivity contribution is -0.149. The third-order valence-corrected chi connectivity index (χ3v) is 6.96. The highest BCUT2D eigenvalue weighted by Crippen LogP contribution is 2.28. The van der Waals surface area contributed by atoms with E-state index >= 15 is 0 Å². The van der Waals surface area contributed by atoms with Gasteiger partial charge < -0.3 is 20.3 Å². The number of nitrogens with two attached hydrogens (primary N) is 1. The Morgan fingerprint density at radius 1 is 1.03 bits per heavy atom. The number of methoxy groups -OCH3 is 1. The number of amides is 2. The van der Waals surface area contributed by atoms with Gasteiger partial charge in [-0.25, -0.2) is 5.01 Å². The second-order valence-corrected chi connectivity index (χ2v) is 9.63. The fourth-order valence-electron chi connectivity index (χ4n) is 4.78. The maximum absolute atomic E-state index is 13.0. The molecule has 1 aliphatic heterocycles. The van der Waals surface area contributed by atoms with Crippen LogP contribution >= 0.6 is 0 Å². The van der Waals surface area contributed by atoms with Gasteiger partial charge in [-0.2, -0.15) is 0 Å². The minimum Gasteiger partial charge on any atom is -0.497 e. The first kappa shape index (κ1) is 27.3. The van der Waals surface area contributed by atoms with Gasteiger partial charge >= 0.3 is 0 Å². The van der Waals surface area contributed by atoms with Crippen LogP contribution in [0.5, 0.6) is 5.75 Å². The molecule has 0 radical (unpaired) electrons. The van der Waals surface area contributed by atoms with E-state index in [2.05, 4.69) is 29.7 Å². The van der Waals surface area contributed by atoms with E-state index in [-0.39, 0.29) is 30.8 Å². The van der Waals surface area contributed by atoms with Crippen molar-refractivity contribution in [2.75, 3.05) is 40.3 Å². The quantitative estimate of drug-likeness (QED) is 0.382.